The summed E-state index contributed by atoms with van der Waals surface area (Å²) in [6, 6.07) is 5.96. The van der Waals surface area contributed by atoms with Gasteiger partial charge in [0.15, 0.2) is 0 Å². The molecule has 0 atom stereocenters. The smallest absolute Gasteiger partial charge is 0.130 e. The fraction of sp³-hybridized carbons (Fsp3) is 0.333. The second-order valence-corrected chi connectivity index (χ2v) is 6.08. The molecule has 1 aliphatic rings. The number of rotatable bonds is 4. The summed E-state index contributed by atoms with van der Waals surface area (Å²) in [7, 11) is 0. The van der Waals surface area contributed by atoms with Crippen molar-refractivity contribution in [1.82, 2.24) is 5.32 Å². The molecule has 0 unspecified atom stereocenters. The molecule has 1 aromatic carbocycles. The largest absolute Gasteiger partial charge is 0.308 e. The number of halogens is 2. The lowest BCUT2D eigenvalue weighted by Crippen LogP contribution is -2.13. The van der Waals surface area contributed by atoms with Crippen molar-refractivity contribution in [3.8, 4) is 0 Å². The maximum atomic E-state index is 13.4. The van der Waals surface area contributed by atoms with E-state index in [0.29, 0.717) is 12.1 Å². The van der Waals surface area contributed by atoms with Crippen molar-refractivity contribution < 1.29 is 8.78 Å². The average molecular weight is 279 g/mol. The lowest BCUT2D eigenvalue weighted by Gasteiger charge is -2.05. The topological polar surface area (TPSA) is 12.0 Å². The molecule has 1 aliphatic carbocycles. The summed E-state index contributed by atoms with van der Waals surface area (Å²) < 4.78 is 26.2. The third-order valence-electron chi connectivity index (χ3n) is 3.43. The molecule has 0 amide bonds. The third kappa shape index (κ3) is 2.85. The Balaban J connectivity index is 1.57. The number of hydrogen-bond donors (Lipinski definition) is 1. The SMILES string of the molecule is Fc1ccc(CNCc2cc3c(s2)CCC3)c(F)c1. The molecule has 4 heteroatoms. The van der Waals surface area contributed by atoms with E-state index in [1.165, 1.54) is 46.7 Å². The zero-order valence-corrected chi connectivity index (χ0v) is 11.3. The van der Waals surface area contributed by atoms with Gasteiger partial charge < -0.3 is 5.32 Å². The molecule has 19 heavy (non-hydrogen) atoms. The quantitative estimate of drug-likeness (QED) is 0.897. The highest BCUT2D eigenvalue weighted by Crippen LogP contribution is 2.30. The van der Waals surface area contributed by atoms with Crippen molar-refractivity contribution in [2.45, 2.75) is 32.4 Å². The summed E-state index contributed by atoms with van der Waals surface area (Å²) in [5, 5.41) is 3.21. The van der Waals surface area contributed by atoms with E-state index in [9.17, 15) is 8.78 Å². The molecule has 1 N–H and O–H groups in total. The van der Waals surface area contributed by atoms with E-state index in [4.69, 9.17) is 0 Å². The van der Waals surface area contributed by atoms with Crippen LogP contribution in [-0.2, 0) is 25.9 Å². The standard InChI is InChI=1S/C15H15F2NS/c16-12-5-4-11(14(17)7-12)8-18-9-13-6-10-2-1-3-15(10)19-13/h4-7,18H,1-3,8-9H2. The van der Waals surface area contributed by atoms with E-state index < -0.39 is 11.6 Å². The highest BCUT2D eigenvalue weighted by molar-refractivity contribution is 7.12. The zero-order chi connectivity index (χ0) is 13.2. The molecule has 1 aromatic heterocycles. The Bertz CT molecular complexity index is 570. The number of aryl methyl sites for hydroxylation is 2. The monoisotopic (exact) mass is 279 g/mol. The first-order valence-electron chi connectivity index (χ1n) is 6.47. The fourth-order valence-corrected chi connectivity index (χ4v) is 3.69. The van der Waals surface area contributed by atoms with Gasteiger partial charge >= 0.3 is 0 Å². The van der Waals surface area contributed by atoms with Crippen LogP contribution in [0, 0.1) is 11.6 Å². The molecular weight excluding hydrogens is 264 g/mol. The number of hydrogen-bond acceptors (Lipinski definition) is 2. The Labute approximate surface area is 115 Å². The van der Waals surface area contributed by atoms with Gasteiger partial charge in [0, 0.05) is 34.5 Å². The van der Waals surface area contributed by atoms with Gasteiger partial charge in [-0.3, -0.25) is 0 Å². The summed E-state index contributed by atoms with van der Waals surface area (Å²) in [6.07, 6.45) is 3.67. The molecule has 1 nitrogen and oxygen atoms in total. The minimum atomic E-state index is -0.532. The van der Waals surface area contributed by atoms with E-state index in [2.05, 4.69) is 11.4 Å². The first kappa shape index (κ1) is 12.8. The molecule has 100 valence electrons. The van der Waals surface area contributed by atoms with Gasteiger partial charge in [-0.25, -0.2) is 8.78 Å². The van der Waals surface area contributed by atoms with Gasteiger partial charge in [0.1, 0.15) is 11.6 Å². The summed E-state index contributed by atoms with van der Waals surface area (Å²) in [4.78, 5) is 2.80. The molecule has 0 saturated heterocycles. The van der Waals surface area contributed by atoms with Gasteiger partial charge in [-0.1, -0.05) is 6.07 Å². The van der Waals surface area contributed by atoms with E-state index >= 15 is 0 Å². The third-order valence-corrected chi connectivity index (χ3v) is 4.66. The number of nitrogens with one attached hydrogen (secondary N) is 1. The van der Waals surface area contributed by atoms with E-state index in [0.717, 1.165) is 12.6 Å². The molecule has 0 aliphatic heterocycles. The fourth-order valence-electron chi connectivity index (χ4n) is 2.46. The van der Waals surface area contributed by atoms with Crippen molar-refractivity contribution in [2.24, 2.45) is 0 Å². The van der Waals surface area contributed by atoms with Gasteiger partial charge in [-0.15, -0.1) is 11.3 Å². The molecular formula is C15H15F2NS. The molecule has 0 saturated carbocycles. The van der Waals surface area contributed by atoms with Gasteiger partial charge in [0.05, 0.1) is 0 Å². The van der Waals surface area contributed by atoms with Gasteiger partial charge in [0.25, 0.3) is 0 Å². The van der Waals surface area contributed by atoms with Crippen molar-refractivity contribution in [2.75, 3.05) is 0 Å². The summed E-state index contributed by atoms with van der Waals surface area (Å²) in [5.41, 5.74) is 1.99. The van der Waals surface area contributed by atoms with Crippen LogP contribution in [0.4, 0.5) is 8.78 Å². The van der Waals surface area contributed by atoms with Gasteiger partial charge in [-0.2, -0.15) is 0 Å². The maximum absolute atomic E-state index is 13.4. The predicted molar refractivity (Wildman–Crippen MR) is 73.2 cm³/mol. The number of thiophene rings is 1. The van der Waals surface area contributed by atoms with Crippen LogP contribution in [0.25, 0.3) is 0 Å². The molecule has 2 aromatic rings. The van der Waals surface area contributed by atoms with Crippen LogP contribution in [0.2, 0.25) is 0 Å². The highest BCUT2D eigenvalue weighted by Gasteiger charge is 2.14. The van der Waals surface area contributed by atoms with Crippen LogP contribution in [0.3, 0.4) is 0 Å². The number of benzene rings is 1. The Morgan fingerprint density at radius 1 is 1.11 bits per heavy atom. The summed E-state index contributed by atoms with van der Waals surface area (Å²) in [5.74, 6) is -1.02. The lowest BCUT2D eigenvalue weighted by atomic mass is 10.2. The van der Waals surface area contributed by atoms with Crippen LogP contribution in [0.15, 0.2) is 24.3 Å². The van der Waals surface area contributed by atoms with Crippen molar-refractivity contribution >= 4 is 11.3 Å². The first-order valence-corrected chi connectivity index (χ1v) is 7.29. The number of fused-ring (bicyclic) bond motifs is 1. The molecule has 0 radical (unpaired) electrons. The Morgan fingerprint density at radius 2 is 2.00 bits per heavy atom. The molecule has 0 bridgehead atoms. The van der Waals surface area contributed by atoms with Gasteiger partial charge in [-0.05, 0) is 37.0 Å². The van der Waals surface area contributed by atoms with Crippen LogP contribution in [0.1, 0.15) is 27.3 Å². The van der Waals surface area contributed by atoms with E-state index in [-0.39, 0.29) is 0 Å². The second-order valence-electron chi connectivity index (χ2n) is 4.85. The first-order chi connectivity index (χ1) is 9.22. The average Bonchev–Trinajstić information content (AvgIpc) is 2.92. The molecule has 1 heterocycles. The Kier molecular flexibility index (Phi) is 3.62. The van der Waals surface area contributed by atoms with Gasteiger partial charge in [0.2, 0.25) is 0 Å². The summed E-state index contributed by atoms with van der Waals surface area (Å²) >= 11 is 1.85. The predicted octanol–water partition coefficient (Wildman–Crippen LogP) is 3.80. The van der Waals surface area contributed by atoms with E-state index in [1.54, 1.807) is 0 Å². The van der Waals surface area contributed by atoms with Crippen molar-refractivity contribution in [3.63, 3.8) is 0 Å². The summed E-state index contributed by atoms with van der Waals surface area (Å²) in [6.45, 7) is 1.17. The zero-order valence-electron chi connectivity index (χ0n) is 10.5. The Hall–Kier alpha value is -1.26. The van der Waals surface area contributed by atoms with E-state index in [1.807, 2.05) is 11.3 Å². The van der Waals surface area contributed by atoms with Crippen LogP contribution in [-0.4, -0.2) is 0 Å². The highest BCUT2D eigenvalue weighted by atomic mass is 32.1. The molecule has 3 rings (SSSR count). The van der Waals surface area contributed by atoms with Crippen LogP contribution in [0.5, 0.6) is 0 Å². The second kappa shape index (κ2) is 5.39. The van der Waals surface area contributed by atoms with Crippen LogP contribution >= 0.6 is 11.3 Å². The normalized spacial score (nSPS) is 13.8. The molecule has 0 fully saturated rings. The Morgan fingerprint density at radius 3 is 2.79 bits per heavy atom. The van der Waals surface area contributed by atoms with Crippen LogP contribution < -0.4 is 5.32 Å². The molecule has 0 spiro atoms. The van der Waals surface area contributed by atoms with Crippen molar-refractivity contribution in [1.29, 1.82) is 0 Å². The lowest BCUT2D eigenvalue weighted by molar-refractivity contribution is 0.560. The maximum Gasteiger partial charge on any atom is 0.130 e. The minimum Gasteiger partial charge on any atom is -0.308 e. The van der Waals surface area contributed by atoms with Crippen molar-refractivity contribution in [3.05, 3.63) is 56.8 Å². The minimum absolute atomic E-state index is 0.425.